The third-order valence-corrected chi connectivity index (χ3v) is 6.29. The average molecular weight is 567 g/mol. The van der Waals surface area contributed by atoms with Crippen molar-refractivity contribution in [2.45, 2.75) is 12.1 Å². The molecule has 0 bridgehead atoms. The molecule has 3 N–H and O–H groups in total. The van der Waals surface area contributed by atoms with Crippen LogP contribution in [-0.4, -0.2) is 76.7 Å². The number of halogens is 1. The van der Waals surface area contributed by atoms with Crippen molar-refractivity contribution in [1.29, 1.82) is 0 Å². The van der Waals surface area contributed by atoms with Crippen molar-refractivity contribution in [1.82, 2.24) is 14.6 Å². The number of oxime groups is 1. The third kappa shape index (κ3) is 6.78. The fraction of sp³-hybridized carbons (Fsp3) is 0.222. The summed E-state index contributed by atoms with van der Waals surface area (Å²) in [5, 5.41) is 11.9. The van der Waals surface area contributed by atoms with E-state index in [9.17, 15) is 32.1 Å². The Kier molecular flexibility index (Phi) is 10.4. The molecule has 18 heteroatoms. The summed E-state index contributed by atoms with van der Waals surface area (Å²) in [5.41, 5.74) is -0.251. The van der Waals surface area contributed by atoms with Crippen molar-refractivity contribution in [3.63, 3.8) is 0 Å². The van der Waals surface area contributed by atoms with E-state index in [4.69, 9.17) is 11.6 Å². The average Bonchev–Trinajstić information content (AvgIpc) is 3.26. The van der Waals surface area contributed by atoms with Crippen molar-refractivity contribution in [3.8, 4) is 0 Å². The summed E-state index contributed by atoms with van der Waals surface area (Å²) >= 11 is 6.36. The van der Waals surface area contributed by atoms with Gasteiger partial charge in [-0.15, -0.1) is 22.9 Å². The first-order valence-electron chi connectivity index (χ1n) is 9.45. The number of hydrogen-bond acceptors (Lipinski definition) is 11. The second-order valence-electron chi connectivity index (χ2n) is 6.69. The summed E-state index contributed by atoms with van der Waals surface area (Å²) in [7, 11) is -4.23. The number of carbonyl (C=O) groups is 4. The first-order valence-corrected chi connectivity index (χ1v) is 12.2. The summed E-state index contributed by atoms with van der Waals surface area (Å²) in [4.78, 5) is 58.0. The molecule has 186 valence electrons. The summed E-state index contributed by atoms with van der Waals surface area (Å²) < 4.78 is 34.5. The monoisotopic (exact) mass is 566 g/mol. The Morgan fingerprint density at radius 2 is 1.92 bits per heavy atom. The number of benzene rings is 1. The van der Waals surface area contributed by atoms with Crippen LogP contribution in [0.15, 0.2) is 40.9 Å². The Balaban J connectivity index is 0.00000456. The molecule has 36 heavy (non-hydrogen) atoms. The number of rotatable bonds is 9. The Hall–Kier alpha value is -2.60. The second kappa shape index (κ2) is 12.6. The van der Waals surface area contributed by atoms with Crippen molar-refractivity contribution < 1.29 is 66.5 Å². The van der Waals surface area contributed by atoms with Gasteiger partial charge in [-0.3, -0.25) is 19.2 Å². The van der Waals surface area contributed by atoms with Gasteiger partial charge in [0.2, 0.25) is 5.91 Å². The molecule has 1 aromatic heterocycles. The molecule has 1 saturated heterocycles. The molecule has 0 saturated carbocycles. The Morgan fingerprint density at radius 1 is 1.25 bits per heavy atom. The number of aromatic nitrogens is 1. The van der Waals surface area contributed by atoms with E-state index in [1.165, 1.54) is 17.5 Å². The van der Waals surface area contributed by atoms with Crippen LogP contribution in [-0.2, 0) is 34.3 Å². The quantitative estimate of drug-likeness (QED) is 0.0687. The molecule has 14 nitrogen and oxygen atoms in total. The number of carbonyl (C=O) groups excluding carboxylic acids is 4. The molecule has 0 unspecified atom stereocenters. The second-order valence-corrected chi connectivity index (χ2v) is 9.06. The van der Waals surface area contributed by atoms with Crippen LogP contribution in [0.4, 0.5) is 10.8 Å². The zero-order valence-corrected chi connectivity index (χ0v) is 23.0. The van der Waals surface area contributed by atoms with E-state index in [0.29, 0.717) is 0 Å². The van der Waals surface area contributed by atoms with Gasteiger partial charge in [-0.1, -0.05) is 23.4 Å². The topological polar surface area (TPSA) is 199 Å². The van der Waals surface area contributed by atoms with Crippen molar-refractivity contribution in [2.24, 2.45) is 5.16 Å². The van der Waals surface area contributed by atoms with Crippen molar-refractivity contribution in [2.75, 3.05) is 23.6 Å². The molecule has 0 spiro atoms. The molecule has 0 radical (unpaired) electrons. The first kappa shape index (κ1) is 29.6. The number of hydrogen-bond donors (Lipinski definition) is 3. The summed E-state index contributed by atoms with van der Waals surface area (Å²) in [6, 6.07) is 4.28. The Bertz CT molecular complexity index is 1290. The van der Waals surface area contributed by atoms with Crippen LogP contribution in [0.2, 0.25) is 0 Å². The number of anilines is 2. The van der Waals surface area contributed by atoms with Crippen molar-refractivity contribution in [3.05, 3.63) is 41.4 Å². The van der Waals surface area contributed by atoms with Crippen LogP contribution in [0.5, 0.6) is 0 Å². The van der Waals surface area contributed by atoms with E-state index in [2.05, 4.69) is 30.9 Å². The third-order valence-electron chi connectivity index (χ3n) is 4.40. The van der Waals surface area contributed by atoms with Gasteiger partial charge in [0.25, 0.3) is 17.7 Å². The zero-order chi connectivity index (χ0) is 25.8. The van der Waals surface area contributed by atoms with E-state index in [-0.39, 0.29) is 56.3 Å². The number of amides is 4. The molecule has 3 rings (SSSR count). The number of alkyl halides is 1. The van der Waals surface area contributed by atoms with Gasteiger partial charge in [0.05, 0.1) is 0 Å². The van der Waals surface area contributed by atoms with Crippen LogP contribution in [0.1, 0.15) is 5.69 Å². The molecule has 1 aliphatic rings. The smallest absolute Gasteiger partial charge is 0.731 e. The van der Waals surface area contributed by atoms with Crippen LogP contribution >= 0.6 is 22.9 Å². The zero-order valence-electron chi connectivity index (χ0n) is 18.6. The van der Waals surface area contributed by atoms with Gasteiger partial charge in [-0.25, -0.2) is 17.7 Å². The van der Waals surface area contributed by atoms with Crippen LogP contribution in [0.25, 0.3) is 0 Å². The van der Waals surface area contributed by atoms with Crippen molar-refractivity contribution >= 4 is 73.4 Å². The predicted molar refractivity (Wildman–Crippen MR) is 122 cm³/mol. The normalized spacial score (nSPS) is 17.4. The maximum absolute atomic E-state index is 12.9. The largest absolute Gasteiger partial charge is 1.00 e. The van der Waals surface area contributed by atoms with Crippen LogP contribution in [0, 0.1) is 0 Å². The van der Waals surface area contributed by atoms with E-state index in [1.54, 1.807) is 18.2 Å². The van der Waals surface area contributed by atoms with Gasteiger partial charge in [0.1, 0.15) is 24.7 Å². The van der Waals surface area contributed by atoms with E-state index in [1.807, 2.05) is 0 Å². The molecule has 2 heterocycles. The minimum atomic E-state index is -5.36. The number of thiazole rings is 1. The van der Waals surface area contributed by atoms with Gasteiger partial charge >= 0.3 is 29.6 Å². The van der Waals surface area contributed by atoms with Gasteiger partial charge in [-0.05, 0) is 12.1 Å². The molecule has 1 fully saturated rings. The fourth-order valence-electron chi connectivity index (χ4n) is 2.95. The number of nitrogens with zero attached hydrogens (tertiary/aromatic N) is 3. The van der Waals surface area contributed by atoms with E-state index >= 15 is 0 Å². The fourth-order valence-corrected chi connectivity index (χ4v) is 4.55. The molecule has 2 atom stereocenters. The van der Waals surface area contributed by atoms with E-state index in [0.717, 1.165) is 18.4 Å². The maximum atomic E-state index is 12.9. The molecular weight excluding hydrogens is 551 g/mol. The predicted octanol–water partition coefficient (Wildman–Crippen LogP) is -3.53. The van der Waals surface area contributed by atoms with Gasteiger partial charge in [-0.2, -0.15) is 0 Å². The minimum Gasteiger partial charge on any atom is -0.731 e. The minimum absolute atomic E-state index is 0. The molecule has 4 amide bonds. The molecule has 1 aliphatic heterocycles. The molecular formula is C18H16ClN6NaO8S2. The summed E-state index contributed by atoms with van der Waals surface area (Å²) in [5.74, 6) is -4.28. The summed E-state index contributed by atoms with van der Waals surface area (Å²) in [6.45, 7) is 0. The van der Waals surface area contributed by atoms with Gasteiger partial charge in [0, 0.05) is 11.1 Å². The van der Waals surface area contributed by atoms with Gasteiger partial charge < -0.3 is 25.3 Å². The molecule has 1 aromatic carbocycles. The van der Waals surface area contributed by atoms with Crippen LogP contribution in [0.3, 0.4) is 0 Å². The van der Waals surface area contributed by atoms with Crippen LogP contribution < -0.4 is 45.5 Å². The Morgan fingerprint density at radius 3 is 2.50 bits per heavy atom. The molecule has 2 aromatic rings. The number of nitrogens with one attached hydrogen (secondary N) is 3. The standard InChI is InChI=1S/C18H17ClN6O8S2.Na/c1-33-24-12(10-8-34-18(21-10)22-11(26)7-19)15(27)23-13-14(25(17(13)29)35(30,31)32)16(28)20-9-5-3-2-4-6-9;/h2-6,8,13-14H,7H2,1H3,(H,20,28)(H,23,27)(H,21,22,26)(H,30,31,32);/q;+1/p-1/t13-,14-;/m1./s1. The van der Waals surface area contributed by atoms with E-state index < -0.39 is 51.7 Å². The maximum Gasteiger partial charge on any atom is 1.00 e. The number of β-lactam (4-membered cyclic amide) rings is 1. The SMILES string of the molecule is CON=C(C(=O)N[C@H]1C(=O)N(S(=O)(=O)[O-])[C@H]1C(=O)Nc1ccccc1)c1csc(NC(=O)CCl)n1.[Na+]. The first-order chi connectivity index (χ1) is 16.6. The Labute approximate surface area is 235 Å². The molecule has 0 aliphatic carbocycles. The van der Waals surface area contributed by atoms with Gasteiger partial charge in [0.15, 0.2) is 27.2 Å². The number of para-hydroxylation sites is 1. The summed E-state index contributed by atoms with van der Waals surface area (Å²) in [6.07, 6.45) is 0.